The number of aromatic amines is 1. The van der Waals surface area contributed by atoms with Crippen LogP contribution in [-0.2, 0) is 0 Å². The fourth-order valence-electron chi connectivity index (χ4n) is 6.07. The maximum Gasteiger partial charge on any atom is 0.257 e. The largest absolute Gasteiger partial charge is 0.257 e. The summed E-state index contributed by atoms with van der Waals surface area (Å²) in [5.41, 5.74) is 0. The SMILES string of the molecule is CCCCCCCCCCCCCC(C)[n+]1cc[nH]c1C(CCCCCCC)CCCCCCCCC. The first-order valence-corrected chi connectivity index (χ1v) is 17.3. The van der Waals surface area contributed by atoms with Crippen molar-refractivity contribution >= 4 is 0 Å². The molecule has 0 fully saturated rings. The summed E-state index contributed by atoms with van der Waals surface area (Å²) in [5.74, 6) is 2.24. The van der Waals surface area contributed by atoms with Crippen LogP contribution in [-0.4, -0.2) is 4.98 Å². The predicted octanol–water partition coefficient (Wildman–Crippen LogP) is 12.1. The molecule has 0 spiro atoms. The summed E-state index contributed by atoms with van der Waals surface area (Å²) in [6.07, 6.45) is 41.2. The Labute approximate surface area is 234 Å². The zero-order chi connectivity index (χ0) is 26.8. The molecule has 1 aromatic rings. The molecule has 2 heteroatoms. The molecular formula is C35H69N2+. The van der Waals surface area contributed by atoms with Gasteiger partial charge < -0.3 is 0 Å². The Morgan fingerprint density at radius 3 is 1.27 bits per heavy atom. The molecule has 0 saturated heterocycles. The van der Waals surface area contributed by atoms with Crippen molar-refractivity contribution in [2.75, 3.05) is 0 Å². The van der Waals surface area contributed by atoms with E-state index in [1.54, 1.807) is 0 Å². The molecule has 0 aliphatic heterocycles. The summed E-state index contributed by atoms with van der Waals surface area (Å²) in [6, 6.07) is 0.622. The van der Waals surface area contributed by atoms with Gasteiger partial charge in [0.25, 0.3) is 5.82 Å². The summed E-state index contributed by atoms with van der Waals surface area (Å²) in [5, 5.41) is 0. The van der Waals surface area contributed by atoms with Crippen molar-refractivity contribution in [3.8, 4) is 0 Å². The quantitative estimate of drug-likeness (QED) is 0.0842. The lowest BCUT2D eigenvalue weighted by Crippen LogP contribution is -2.41. The second-order valence-electron chi connectivity index (χ2n) is 12.2. The molecule has 1 aromatic heterocycles. The molecule has 1 rings (SSSR count). The van der Waals surface area contributed by atoms with Gasteiger partial charge >= 0.3 is 0 Å². The van der Waals surface area contributed by atoms with Gasteiger partial charge in [-0.2, -0.15) is 0 Å². The highest BCUT2D eigenvalue weighted by atomic mass is 15.1. The average Bonchev–Trinajstić information content (AvgIpc) is 3.40. The van der Waals surface area contributed by atoms with Crippen LogP contribution >= 0.6 is 0 Å². The molecule has 0 aliphatic carbocycles. The highest BCUT2D eigenvalue weighted by Gasteiger charge is 2.25. The average molecular weight is 518 g/mol. The molecular weight excluding hydrogens is 448 g/mol. The van der Waals surface area contributed by atoms with Gasteiger partial charge in [-0.1, -0.05) is 162 Å². The van der Waals surface area contributed by atoms with Gasteiger partial charge in [-0.25, -0.2) is 9.55 Å². The van der Waals surface area contributed by atoms with Crippen LogP contribution in [0.2, 0.25) is 0 Å². The summed E-state index contributed by atoms with van der Waals surface area (Å²) < 4.78 is 2.62. The molecule has 0 aromatic carbocycles. The summed E-state index contributed by atoms with van der Waals surface area (Å²) in [4.78, 5) is 3.71. The summed E-state index contributed by atoms with van der Waals surface area (Å²) in [7, 11) is 0. The first-order chi connectivity index (χ1) is 18.2. The highest BCUT2D eigenvalue weighted by molar-refractivity contribution is 4.90. The zero-order valence-electron chi connectivity index (χ0n) is 26.1. The Kier molecular flexibility index (Phi) is 23.6. The zero-order valence-corrected chi connectivity index (χ0v) is 26.1. The van der Waals surface area contributed by atoms with Crippen molar-refractivity contribution in [3.63, 3.8) is 0 Å². The lowest BCUT2D eigenvalue weighted by atomic mass is 9.93. The van der Waals surface area contributed by atoms with E-state index < -0.39 is 0 Å². The van der Waals surface area contributed by atoms with Crippen molar-refractivity contribution in [3.05, 3.63) is 18.2 Å². The molecule has 0 aliphatic rings. The molecule has 2 atom stereocenters. The molecule has 2 unspecified atom stereocenters. The van der Waals surface area contributed by atoms with Gasteiger partial charge in [0, 0.05) is 0 Å². The van der Waals surface area contributed by atoms with E-state index in [9.17, 15) is 0 Å². The third kappa shape index (κ3) is 18.2. The van der Waals surface area contributed by atoms with Crippen molar-refractivity contribution in [2.45, 2.75) is 207 Å². The lowest BCUT2D eigenvalue weighted by molar-refractivity contribution is -0.727. The highest BCUT2D eigenvalue weighted by Crippen LogP contribution is 2.27. The first-order valence-electron chi connectivity index (χ1n) is 17.3. The molecule has 0 amide bonds. The Bertz CT molecular complexity index is 578. The summed E-state index contributed by atoms with van der Waals surface area (Å²) >= 11 is 0. The van der Waals surface area contributed by atoms with E-state index in [-0.39, 0.29) is 0 Å². The monoisotopic (exact) mass is 518 g/mol. The third-order valence-corrected chi connectivity index (χ3v) is 8.64. The second kappa shape index (κ2) is 25.5. The minimum atomic E-state index is 0.622. The number of nitrogens with zero attached hydrogens (tertiary/aromatic N) is 1. The van der Waals surface area contributed by atoms with E-state index in [0.717, 1.165) is 0 Å². The Hall–Kier alpha value is -0.790. The number of hydrogen-bond acceptors (Lipinski definition) is 0. The molecule has 1 heterocycles. The minimum absolute atomic E-state index is 0.622. The van der Waals surface area contributed by atoms with E-state index in [0.29, 0.717) is 12.0 Å². The lowest BCUT2D eigenvalue weighted by Gasteiger charge is -2.17. The number of imidazole rings is 1. The molecule has 2 nitrogen and oxygen atoms in total. The van der Waals surface area contributed by atoms with Crippen LogP contribution in [0.25, 0.3) is 0 Å². The van der Waals surface area contributed by atoms with Crippen LogP contribution in [0.3, 0.4) is 0 Å². The number of nitrogens with one attached hydrogen (secondary N) is 1. The van der Waals surface area contributed by atoms with E-state index in [1.807, 2.05) is 0 Å². The van der Waals surface area contributed by atoms with E-state index in [1.165, 1.54) is 173 Å². The van der Waals surface area contributed by atoms with Crippen molar-refractivity contribution in [1.82, 2.24) is 4.98 Å². The fraction of sp³-hybridized carbons (Fsp3) is 0.914. The Morgan fingerprint density at radius 2 is 0.865 bits per heavy atom. The van der Waals surface area contributed by atoms with E-state index >= 15 is 0 Å². The molecule has 0 saturated carbocycles. The van der Waals surface area contributed by atoms with Crippen molar-refractivity contribution in [1.29, 1.82) is 0 Å². The van der Waals surface area contributed by atoms with Crippen molar-refractivity contribution in [2.24, 2.45) is 0 Å². The van der Waals surface area contributed by atoms with E-state index in [4.69, 9.17) is 0 Å². The van der Waals surface area contributed by atoms with Crippen molar-refractivity contribution < 1.29 is 4.57 Å². The second-order valence-corrected chi connectivity index (χ2v) is 12.2. The van der Waals surface area contributed by atoms with Crippen LogP contribution in [0.1, 0.15) is 212 Å². The van der Waals surface area contributed by atoms with Crippen LogP contribution in [0.15, 0.2) is 12.4 Å². The van der Waals surface area contributed by atoms with Gasteiger partial charge in [0.05, 0.1) is 12.0 Å². The number of unbranched alkanes of at least 4 members (excludes halogenated alkanes) is 20. The van der Waals surface area contributed by atoms with Gasteiger partial charge in [0.2, 0.25) is 0 Å². The standard InChI is InChI=1S/C35H68N2/c1-5-8-11-14-16-17-18-19-21-23-25-28-33(4)37-32-31-36-35(37)34(29-26-22-13-10-7-3)30-27-24-20-15-12-9-6-2/h31-34H,5-30H2,1-4H3/p+1. The Morgan fingerprint density at radius 1 is 0.514 bits per heavy atom. The van der Waals surface area contributed by atoms with Gasteiger partial charge in [-0.3, -0.25) is 0 Å². The van der Waals surface area contributed by atoms with Crippen LogP contribution in [0, 0.1) is 0 Å². The van der Waals surface area contributed by atoms with Gasteiger partial charge in [-0.15, -0.1) is 0 Å². The van der Waals surface area contributed by atoms with Gasteiger partial charge in [-0.05, 0) is 32.6 Å². The number of aromatic nitrogens is 2. The van der Waals surface area contributed by atoms with Crippen LogP contribution in [0.5, 0.6) is 0 Å². The molecule has 0 bridgehead atoms. The maximum atomic E-state index is 3.71. The van der Waals surface area contributed by atoms with Gasteiger partial charge in [0.15, 0.2) is 0 Å². The first kappa shape index (κ1) is 34.2. The van der Waals surface area contributed by atoms with Crippen LogP contribution in [0.4, 0.5) is 0 Å². The smallest absolute Gasteiger partial charge is 0.247 e. The topological polar surface area (TPSA) is 19.7 Å². The number of hydrogen-bond donors (Lipinski definition) is 1. The summed E-state index contributed by atoms with van der Waals surface area (Å²) in [6.45, 7) is 9.40. The maximum absolute atomic E-state index is 3.71. The predicted molar refractivity (Wildman–Crippen MR) is 166 cm³/mol. The normalized spacial score (nSPS) is 13.3. The van der Waals surface area contributed by atoms with Crippen LogP contribution < -0.4 is 4.57 Å². The minimum Gasteiger partial charge on any atom is -0.247 e. The molecule has 218 valence electrons. The number of rotatable bonds is 28. The molecule has 37 heavy (non-hydrogen) atoms. The third-order valence-electron chi connectivity index (χ3n) is 8.64. The molecule has 0 radical (unpaired) electrons. The Balaban J connectivity index is 2.39. The molecule has 1 N–H and O–H groups in total. The number of H-pyrrole nitrogens is 1. The fourth-order valence-corrected chi connectivity index (χ4v) is 6.07. The van der Waals surface area contributed by atoms with E-state index in [2.05, 4.69) is 49.6 Å². The van der Waals surface area contributed by atoms with Gasteiger partial charge in [0.1, 0.15) is 12.4 Å².